The predicted molar refractivity (Wildman–Crippen MR) is 85.7 cm³/mol. The largest absolute Gasteiger partial charge is 0.298 e. The van der Waals surface area contributed by atoms with E-state index in [1.165, 1.54) is 48.5 Å². The van der Waals surface area contributed by atoms with Crippen molar-refractivity contribution in [3.8, 4) is 0 Å². The smallest absolute Gasteiger partial charge is 0.141 e. The van der Waals surface area contributed by atoms with Crippen LogP contribution in [-0.2, 0) is 6.54 Å². The molecule has 6 heteroatoms. The van der Waals surface area contributed by atoms with Gasteiger partial charge >= 0.3 is 0 Å². The van der Waals surface area contributed by atoms with Gasteiger partial charge in [0.1, 0.15) is 12.7 Å². The van der Waals surface area contributed by atoms with Crippen molar-refractivity contribution < 1.29 is 0 Å². The molecule has 3 rings (SSSR count). The van der Waals surface area contributed by atoms with Gasteiger partial charge in [0.05, 0.1) is 10.6 Å². The number of thiophene rings is 1. The monoisotopic (exact) mass is 303 g/mol. The molecule has 112 valence electrons. The van der Waals surface area contributed by atoms with Gasteiger partial charge in [-0.05, 0) is 45.0 Å². The summed E-state index contributed by atoms with van der Waals surface area (Å²) in [5, 5.41) is 12.0. The molecular formula is C15H21N5S. The normalized spacial score (nSPS) is 17.9. The Labute approximate surface area is 129 Å². The third-order valence-corrected chi connectivity index (χ3v) is 4.95. The minimum atomic E-state index is 1.00. The zero-order valence-corrected chi connectivity index (χ0v) is 13.2. The molecule has 0 unspecified atom stereocenters. The molecule has 1 aliphatic heterocycles. The molecule has 1 saturated heterocycles. The fourth-order valence-corrected chi connectivity index (χ4v) is 3.63. The fourth-order valence-electron chi connectivity index (χ4n) is 2.64. The van der Waals surface area contributed by atoms with Crippen LogP contribution in [0.5, 0.6) is 0 Å². The second-order valence-electron chi connectivity index (χ2n) is 5.48. The maximum atomic E-state index is 4.47. The molecular weight excluding hydrogens is 282 g/mol. The van der Waals surface area contributed by atoms with Crippen molar-refractivity contribution in [2.45, 2.75) is 39.2 Å². The van der Waals surface area contributed by atoms with Crippen molar-refractivity contribution >= 4 is 17.0 Å². The Hall–Kier alpha value is -1.53. The van der Waals surface area contributed by atoms with E-state index in [0.717, 1.165) is 12.3 Å². The van der Waals surface area contributed by atoms with Crippen LogP contribution in [0.4, 0.5) is 0 Å². The van der Waals surface area contributed by atoms with Crippen LogP contribution in [0, 0.1) is 0 Å². The Bertz CT molecular complexity index is 579. The molecule has 0 amide bonds. The first-order valence-electron chi connectivity index (χ1n) is 7.53. The van der Waals surface area contributed by atoms with E-state index in [1.54, 1.807) is 17.3 Å². The Morgan fingerprint density at radius 2 is 1.86 bits per heavy atom. The van der Waals surface area contributed by atoms with Crippen molar-refractivity contribution in [1.82, 2.24) is 19.8 Å². The van der Waals surface area contributed by atoms with Crippen LogP contribution in [0.2, 0.25) is 0 Å². The Kier molecular flexibility index (Phi) is 4.77. The van der Waals surface area contributed by atoms with Gasteiger partial charge in [0.25, 0.3) is 0 Å². The molecule has 3 heterocycles. The first-order valence-corrected chi connectivity index (χ1v) is 8.34. The standard InChI is InChI=1S/C15H21N5S/c1-13(18-20-11-16-17-12-20)15-7-6-14(21-15)10-19-8-4-2-3-5-9-19/h6-7,11-12H,2-5,8-10H2,1H3/b18-13-. The highest BCUT2D eigenvalue weighted by Crippen LogP contribution is 2.21. The summed E-state index contributed by atoms with van der Waals surface area (Å²) in [6, 6.07) is 4.40. The Morgan fingerprint density at radius 1 is 1.14 bits per heavy atom. The van der Waals surface area contributed by atoms with Gasteiger partial charge in [-0.3, -0.25) is 4.90 Å². The third-order valence-electron chi connectivity index (χ3n) is 3.77. The summed E-state index contributed by atoms with van der Waals surface area (Å²) in [7, 11) is 0. The van der Waals surface area contributed by atoms with E-state index in [1.807, 2.05) is 18.3 Å². The molecule has 0 bridgehead atoms. The highest BCUT2D eigenvalue weighted by Gasteiger charge is 2.11. The minimum Gasteiger partial charge on any atom is -0.298 e. The summed E-state index contributed by atoms with van der Waals surface area (Å²) in [5.41, 5.74) is 1.00. The van der Waals surface area contributed by atoms with Crippen molar-refractivity contribution in [2.75, 3.05) is 13.1 Å². The van der Waals surface area contributed by atoms with Crippen molar-refractivity contribution in [3.05, 3.63) is 34.5 Å². The molecule has 21 heavy (non-hydrogen) atoms. The second-order valence-corrected chi connectivity index (χ2v) is 6.65. The molecule has 0 spiro atoms. The van der Waals surface area contributed by atoms with Gasteiger partial charge < -0.3 is 0 Å². The zero-order valence-electron chi connectivity index (χ0n) is 12.4. The molecule has 0 aliphatic carbocycles. The summed E-state index contributed by atoms with van der Waals surface area (Å²) in [6.45, 7) is 5.58. The Balaban J connectivity index is 1.65. The van der Waals surface area contributed by atoms with Crippen molar-refractivity contribution in [3.63, 3.8) is 0 Å². The second kappa shape index (κ2) is 6.95. The van der Waals surface area contributed by atoms with Gasteiger partial charge in [-0.2, -0.15) is 5.10 Å². The van der Waals surface area contributed by atoms with Gasteiger partial charge in [0.15, 0.2) is 0 Å². The van der Waals surface area contributed by atoms with Crippen LogP contribution in [0.15, 0.2) is 29.9 Å². The number of aromatic nitrogens is 3. The molecule has 1 aliphatic rings. The van der Waals surface area contributed by atoms with Crippen LogP contribution in [0.25, 0.3) is 0 Å². The number of rotatable bonds is 4. The number of likely N-dealkylation sites (tertiary alicyclic amines) is 1. The van der Waals surface area contributed by atoms with E-state index in [9.17, 15) is 0 Å². The van der Waals surface area contributed by atoms with E-state index < -0.39 is 0 Å². The first-order chi connectivity index (χ1) is 10.3. The molecule has 0 N–H and O–H groups in total. The average Bonchev–Trinajstić information content (AvgIpc) is 3.08. The van der Waals surface area contributed by atoms with Crippen LogP contribution in [-0.4, -0.2) is 38.6 Å². The van der Waals surface area contributed by atoms with Crippen molar-refractivity contribution in [1.29, 1.82) is 0 Å². The topological polar surface area (TPSA) is 46.3 Å². The van der Waals surface area contributed by atoms with Crippen LogP contribution in [0.3, 0.4) is 0 Å². The van der Waals surface area contributed by atoms with Gasteiger partial charge in [-0.15, -0.1) is 21.5 Å². The van der Waals surface area contributed by atoms with E-state index >= 15 is 0 Å². The molecule has 5 nitrogen and oxygen atoms in total. The maximum Gasteiger partial charge on any atom is 0.141 e. The van der Waals surface area contributed by atoms with E-state index in [0.29, 0.717) is 0 Å². The van der Waals surface area contributed by atoms with Crippen LogP contribution >= 0.6 is 11.3 Å². The molecule has 2 aromatic heterocycles. The van der Waals surface area contributed by atoms with Gasteiger partial charge in [-0.1, -0.05) is 12.8 Å². The highest BCUT2D eigenvalue weighted by molar-refractivity contribution is 7.14. The summed E-state index contributed by atoms with van der Waals surface area (Å²) in [4.78, 5) is 5.22. The van der Waals surface area contributed by atoms with Gasteiger partial charge in [0.2, 0.25) is 0 Å². The molecule has 0 radical (unpaired) electrons. The SMILES string of the molecule is C/C(=N/n1cnnc1)c1ccc(CN2CCCCCC2)s1. The molecule has 2 aromatic rings. The maximum absolute atomic E-state index is 4.47. The fraction of sp³-hybridized carbons (Fsp3) is 0.533. The average molecular weight is 303 g/mol. The zero-order chi connectivity index (χ0) is 14.5. The van der Waals surface area contributed by atoms with Crippen LogP contribution in [0.1, 0.15) is 42.4 Å². The highest BCUT2D eigenvalue weighted by atomic mass is 32.1. The molecule has 0 aromatic carbocycles. The summed E-state index contributed by atoms with van der Waals surface area (Å²) in [6.07, 6.45) is 8.66. The quantitative estimate of drug-likeness (QED) is 0.816. The summed E-state index contributed by atoms with van der Waals surface area (Å²) in [5.74, 6) is 0. The van der Waals surface area contributed by atoms with E-state index in [-0.39, 0.29) is 0 Å². The lowest BCUT2D eigenvalue weighted by Crippen LogP contribution is -2.23. The predicted octanol–water partition coefficient (Wildman–Crippen LogP) is 2.99. The lowest BCUT2D eigenvalue weighted by Gasteiger charge is -2.18. The lowest BCUT2D eigenvalue weighted by molar-refractivity contribution is 0.279. The Morgan fingerprint density at radius 3 is 2.57 bits per heavy atom. The van der Waals surface area contributed by atoms with Crippen LogP contribution < -0.4 is 0 Å². The molecule has 0 atom stereocenters. The van der Waals surface area contributed by atoms with E-state index in [2.05, 4.69) is 32.3 Å². The number of nitrogens with zero attached hydrogens (tertiary/aromatic N) is 5. The van der Waals surface area contributed by atoms with Gasteiger partial charge in [-0.25, -0.2) is 4.68 Å². The lowest BCUT2D eigenvalue weighted by atomic mass is 10.2. The van der Waals surface area contributed by atoms with Gasteiger partial charge in [0, 0.05) is 11.4 Å². The number of hydrogen-bond donors (Lipinski definition) is 0. The van der Waals surface area contributed by atoms with E-state index in [4.69, 9.17) is 0 Å². The third kappa shape index (κ3) is 3.98. The van der Waals surface area contributed by atoms with Crippen molar-refractivity contribution in [2.24, 2.45) is 5.10 Å². The minimum absolute atomic E-state index is 1.00. The number of hydrogen-bond acceptors (Lipinski definition) is 5. The molecule has 1 fully saturated rings. The first kappa shape index (κ1) is 14.4. The molecule has 0 saturated carbocycles. The summed E-state index contributed by atoms with van der Waals surface area (Å²) < 4.78 is 1.64. The summed E-state index contributed by atoms with van der Waals surface area (Å²) >= 11 is 1.84.